The second-order valence-corrected chi connectivity index (χ2v) is 11.5. The number of carboxylic acids is 1. The molecule has 4 aromatic rings. The maximum absolute atomic E-state index is 14.1. The van der Waals surface area contributed by atoms with Crippen LogP contribution in [0.25, 0.3) is 0 Å². The average molecular weight is 568 g/mol. The number of hydrogen-bond acceptors (Lipinski definition) is 5. The van der Waals surface area contributed by atoms with E-state index in [2.05, 4.69) is 4.90 Å². The smallest absolute Gasteiger partial charge is 0.338 e. The van der Waals surface area contributed by atoms with Crippen molar-refractivity contribution >= 4 is 27.4 Å². The van der Waals surface area contributed by atoms with Gasteiger partial charge in [-0.15, -0.1) is 0 Å². The van der Waals surface area contributed by atoms with Gasteiger partial charge in [-0.05, 0) is 65.6 Å². The second-order valence-electron chi connectivity index (χ2n) is 9.14. The van der Waals surface area contributed by atoms with Crippen LogP contribution in [0.5, 0.6) is 0 Å². The van der Waals surface area contributed by atoms with Gasteiger partial charge in [-0.3, -0.25) is 4.90 Å². The number of halogens is 2. The number of benzene rings is 4. The monoisotopic (exact) mass is 567 g/mol. The van der Waals surface area contributed by atoms with Crippen LogP contribution < -0.4 is 0 Å². The second kappa shape index (κ2) is 12.5. The normalized spacial score (nSPS) is 12.4. The van der Waals surface area contributed by atoms with Crippen LogP contribution in [0.15, 0.2) is 107 Å². The van der Waals surface area contributed by atoms with Crippen LogP contribution in [-0.2, 0) is 22.8 Å². The topological polar surface area (TPSA) is 94.9 Å². The highest BCUT2D eigenvalue weighted by molar-refractivity contribution is 7.91. The molecule has 0 aliphatic rings. The minimum atomic E-state index is -4.03. The van der Waals surface area contributed by atoms with Gasteiger partial charge in [0, 0.05) is 24.7 Å². The Balaban J connectivity index is 1.47. The van der Waals surface area contributed by atoms with Crippen LogP contribution in [0.3, 0.4) is 0 Å². The van der Waals surface area contributed by atoms with Crippen molar-refractivity contribution in [3.05, 3.63) is 130 Å². The zero-order chi connectivity index (χ0) is 28.0. The molecule has 6 nitrogen and oxygen atoms in total. The van der Waals surface area contributed by atoms with E-state index < -0.39 is 33.3 Å². The van der Waals surface area contributed by atoms with Gasteiger partial charge in [-0.1, -0.05) is 66.2 Å². The predicted molar refractivity (Wildman–Crippen MR) is 147 cm³/mol. The lowest BCUT2D eigenvalue weighted by Crippen LogP contribution is -2.30. The molecule has 2 N–H and O–H groups in total. The first-order valence-corrected chi connectivity index (χ1v) is 14.1. The molecule has 0 radical (unpaired) electrons. The molecule has 1 atom stereocenters. The van der Waals surface area contributed by atoms with Crippen LogP contribution in [0.1, 0.15) is 33.2 Å². The highest BCUT2D eigenvalue weighted by atomic mass is 35.5. The molecule has 4 aromatic carbocycles. The minimum Gasteiger partial charge on any atom is -0.478 e. The van der Waals surface area contributed by atoms with Crippen molar-refractivity contribution in [2.24, 2.45) is 0 Å². The molecule has 0 aliphatic heterocycles. The Morgan fingerprint density at radius 3 is 2.21 bits per heavy atom. The van der Waals surface area contributed by atoms with E-state index in [9.17, 15) is 22.7 Å². The number of aliphatic hydroxyl groups is 1. The SMILES string of the molecule is O=C(O)c1ccc(S(=O)(=O)c2ccc(CCN(Cc3ccccc3)C[C@H](O)c3cccc(Cl)c3)cc2)cc1F. The lowest BCUT2D eigenvalue weighted by Gasteiger charge is -2.25. The minimum absolute atomic E-state index is 0.0220. The van der Waals surface area contributed by atoms with Gasteiger partial charge in [0.05, 0.1) is 21.5 Å². The van der Waals surface area contributed by atoms with Gasteiger partial charge in [0.25, 0.3) is 0 Å². The Hall–Kier alpha value is -3.56. The van der Waals surface area contributed by atoms with Gasteiger partial charge in [0.1, 0.15) is 5.82 Å². The van der Waals surface area contributed by atoms with Crippen molar-refractivity contribution in [1.82, 2.24) is 4.90 Å². The Morgan fingerprint density at radius 1 is 0.872 bits per heavy atom. The van der Waals surface area contributed by atoms with Crippen molar-refractivity contribution in [2.75, 3.05) is 13.1 Å². The fourth-order valence-corrected chi connectivity index (χ4v) is 5.71. The first kappa shape index (κ1) is 28.4. The predicted octanol–water partition coefficient (Wildman–Crippen LogP) is 5.79. The Kier molecular flexibility index (Phi) is 9.14. The van der Waals surface area contributed by atoms with Gasteiger partial charge in [0.15, 0.2) is 0 Å². The largest absolute Gasteiger partial charge is 0.478 e. The van der Waals surface area contributed by atoms with Crippen molar-refractivity contribution in [3.63, 3.8) is 0 Å². The molecule has 0 spiro atoms. The number of rotatable bonds is 11. The van der Waals surface area contributed by atoms with Crippen LogP contribution in [0.4, 0.5) is 4.39 Å². The molecule has 0 unspecified atom stereocenters. The van der Waals surface area contributed by atoms with Crippen LogP contribution >= 0.6 is 11.6 Å². The van der Waals surface area contributed by atoms with E-state index in [1.165, 1.54) is 12.1 Å². The summed E-state index contributed by atoms with van der Waals surface area (Å²) >= 11 is 6.10. The fourth-order valence-electron chi connectivity index (χ4n) is 4.24. The number of nitrogens with zero attached hydrogens (tertiary/aromatic N) is 1. The molecule has 39 heavy (non-hydrogen) atoms. The van der Waals surface area contributed by atoms with Crippen molar-refractivity contribution in [3.8, 4) is 0 Å². The Labute approximate surface area is 231 Å². The summed E-state index contributed by atoms with van der Waals surface area (Å²) in [7, 11) is -4.03. The summed E-state index contributed by atoms with van der Waals surface area (Å²) in [5.41, 5.74) is 2.11. The third-order valence-electron chi connectivity index (χ3n) is 6.35. The Morgan fingerprint density at radius 2 is 1.56 bits per heavy atom. The summed E-state index contributed by atoms with van der Waals surface area (Å²) in [6, 6.07) is 26.1. The van der Waals surface area contributed by atoms with Gasteiger partial charge in [-0.2, -0.15) is 0 Å². The van der Waals surface area contributed by atoms with Crippen LogP contribution in [0, 0.1) is 5.82 Å². The summed E-state index contributed by atoms with van der Waals surface area (Å²) in [6.07, 6.45) is -0.148. The molecule has 0 fully saturated rings. The van der Waals surface area contributed by atoms with Crippen molar-refractivity contribution in [1.29, 1.82) is 0 Å². The van der Waals surface area contributed by atoms with Gasteiger partial charge < -0.3 is 10.2 Å². The van der Waals surface area contributed by atoms with E-state index in [4.69, 9.17) is 16.7 Å². The van der Waals surface area contributed by atoms with Gasteiger partial charge in [0.2, 0.25) is 9.84 Å². The number of carbonyl (C=O) groups is 1. The number of sulfone groups is 1. The molecular formula is C30H27ClFNO5S. The summed E-state index contributed by atoms with van der Waals surface area (Å²) in [5.74, 6) is -2.58. The molecule has 0 heterocycles. The third-order valence-corrected chi connectivity index (χ3v) is 8.35. The summed E-state index contributed by atoms with van der Waals surface area (Å²) in [5, 5.41) is 20.4. The van der Waals surface area contributed by atoms with E-state index in [-0.39, 0.29) is 9.79 Å². The standard InChI is InChI=1S/C30H27ClFNO5S/c31-24-8-4-7-23(17-24)29(34)20-33(19-22-5-2-1-3-6-22)16-15-21-9-11-25(12-10-21)39(37,38)26-13-14-27(30(35)36)28(32)18-26/h1-14,17-18,29,34H,15-16,19-20H2,(H,35,36)/t29-/m0/s1. The molecule has 0 aromatic heterocycles. The molecule has 0 bridgehead atoms. The number of carboxylic acid groups (broad SMARTS) is 1. The van der Waals surface area contributed by atoms with Crippen molar-refractivity contribution in [2.45, 2.75) is 28.9 Å². The highest BCUT2D eigenvalue weighted by Crippen LogP contribution is 2.24. The van der Waals surface area contributed by atoms with E-state index in [0.29, 0.717) is 31.1 Å². The maximum Gasteiger partial charge on any atom is 0.338 e. The highest BCUT2D eigenvalue weighted by Gasteiger charge is 2.21. The molecule has 0 aliphatic carbocycles. The quantitative estimate of drug-likeness (QED) is 0.238. The lowest BCUT2D eigenvalue weighted by molar-refractivity contribution is 0.0691. The first-order valence-electron chi connectivity index (χ1n) is 12.2. The number of aromatic carboxylic acids is 1. The van der Waals surface area contributed by atoms with E-state index in [1.807, 2.05) is 36.4 Å². The van der Waals surface area contributed by atoms with Gasteiger partial charge in [-0.25, -0.2) is 17.6 Å². The molecule has 0 amide bonds. The van der Waals surface area contributed by atoms with E-state index in [1.54, 1.807) is 30.3 Å². The first-order chi connectivity index (χ1) is 18.6. The van der Waals surface area contributed by atoms with Crippen LogP contribution in [-0.4, -0.2) is 42.6 Å². The van der Waals surface area contributed by atoms with E-state index >= 15 is 0 Å². The summed E-state index contributed by atoms with van der Waals surface area (Å²) in [6.45, 7) is 1.59. The van der Waals surface area contributed by atoms with Crippen molar-refractivity contribution < 1.29 is 27.8 Å². The third kappa shape index (κ3) is 7.30. The summed E-state index contributed by atoms with van der Waals surface area (Å²) in [4.78, 5) is 12.8. The number of aliphatic hydroxyl groups excluding tert-OH is 1. The maximum atomic E-state index is 14.1. The van der Waals surface area contributed by atoms with Crippen LogP contribution in [0.2, 0.25) is 5.02 Å². The molecule has 0 saturated heterocycles. The average Bonchev–Trinajstić information content (AvgIpc) is 2.92. The number of hydrogen-bond donors (Lipinski definition) is 2. The Bertz CT molecular complexity index is 1550. The molecule has 9 heteroatoms. The molecule has 202 valence electrons. The molecule has 0 saturated carbocycles. The fraction of sp³-hybridized carbons (Fsp3) is 0.167. The van der Waals surface area contributed by atoms with E-state index in [0.717, 1.165) is 34.9 Å². The zero-order valence-electron chi connectivity index (χ0n) is 20.9. The van der Waals surface area contributed by atoms with Gasteiger partial charge >= 0.3 is 5.97 Å². The molecule has 4 rings (SSSR count). The zero-order valence-corrected chi connectivity index (χ0v) is 22.4. The molecular weight excluding hydrogens is 541 g/mol. The lowest BCUT2D eigenvalue weighted by atomic mass is 10.1. The summed E-state index contributed by atoms with van der Waals surface area (Å²) < 4.78 is 40.0.